The number of rotatable bonds is 5. The number of guanidine groups is 1. The minimum atomic E-state index is 0.483. The van der Waals surface area contributed by atoms with E-state index in [0.29, 0.717) is 6.54 Å². The van der Waals surface area contributed by atoms with Gasteiger partial charge >= 0.3 is 0 Å². The molecule has 0 atom stereocenters. The Morgan fingerprint density at radius 3 is 3.00 bits per heavy atom. The van der Waals surface area contributed by atoms with E-state index in [1.54, 1.807) is 18.4 Å². The second-order valence-corrected chi connectivity index (χ2v) is 4.58. The molecule has 0 saturated carbocycles. The Morgan fingerprint density at radius 2 is 2.41 bits per heavy atom. The minimum absolute atomic E-state index is 0.483. The molecule has 0 amide bonds. The second kappa shape index (κ2) is 7.69. The van der Waals surface area contributed by atoms with E-state index >= 15 is 0 Å². The van der Waals surface area contributed by atoms with E-state index in [1.807, 2.05) is 6.20 Å². The average molecular weight is 250 g/mol. The molecule has 0 aromatic carbocycles. The first-order chi connectivity index (χ1) is 8.30. The number of hydrogen-bond acceptors (Lipinski definition) is 3. The monoisotopic (exact) mass is 250 g/mol. The van der Waals surface area contributed by atoms with Gasteiger partial charge in [-0.05, 0) is 6.42 Å². The molecule has 4 nitrogen and oxygen atoms in total. The molecule has 0 aliphatic heterocycles. The van der Waals surface area contributed by atoms with Gasteiger partial charge in [-0.15, -0.1) is 17.8 Å². The predicted molar refractivity (Wildman–Crippen MR) is 73.4 cm³/mol. The van der Waals surface area contributed by atoms with Gasteiger partial charge in [0.2, 0.25) is 0 Å². The molecule has 0 unspecified atom stereocenters. The predicted octanol–water partition coefficient (Wildman–Crippen LogP) is 1.05. The Balaban J connectivity index is 2.29. The van der Waals surface area contributed by atoms with Crippen LogP contribution in [0, 0.1) is 12.3 Å². The van der Waals surface area contributed by atoms with Crippen LogP contribution in [0.25, 0.3) is 0 Å². The van der Waals surface area contributed by atoms with Gasteiger partial charge in [-0.1, -0.05) is 12.8 Å². The number of aryl methyl sites for hydroxylation is 1. The zero-order chi connectivity index (χ0) is 12.5. The van der Waals surface area contributed by atoms with Gasteiger partial charge in [0.05, 0.1) is 11.6 Å². The fourth-order valence-electron chi connectivity index (χ4n) is 1.27. The highest BCUT2D eigenvalue weighted by Gasteiger charge is 2.01. The van der Waals surface area contributed by atoms with Crippen LogP contribution in [-0.2, 0) is 12.8 Å². The molecule has 0 radical (unpaired) electrons. The van der Waals surface area contributed by atoms with Crippen molar-refractivity contribution in [1.82, 2.24) is 15.6 Å². The Labute approximate surface area is 107 Å². The van der Waals surface area contributed by atoms with Crippen LogP contribution in [0.1, 0.15) is 16.8 Å². The number of nitrogens with zero attached hydrogens (tertiary/aromatic N) is 2. The number of hydrogen-bond donors (Lipinski definition) is 2. The standard InChI is InChI=1S/C12H18N4S/c1-4-7-14-12(13-3)15-8-6-11-16-9-10(5-2)17-11/h1,9H,5-8H2,2-3H3,(H2,13,14,15). The Bertz CT molecular complexity index is 403. The molecule has 0 fully saturated rings. The summed E-state index contributed by atoms with van der Waals surface area (Å²) in [5, 5.41) is 7.35. The van der Waals surface area contributed by atoms with Gasteiger partial charge in [-0.2, -0.15) is 0 Å². The highest BCUT2D eigenvalue weighted by Crippen LogP contribution is 2.13. The maximum absolute atomic E-state index is 5.17. The van der Waals surface area contributed by atoms with Gasteiger partial charge in [0.1, 0.15) is 0 Å². The van der Waals surface area contributed by atoms with Crippen LogP contribution in [0.15, 0.2) is 11.2 Å². The Morgan fingerprint density at radius 1 is 1.59 bits per heavy atom. The highest BCUT2D eigenvalue weighted by atomic mass is 32.1. The molecule has 0 bridgehead atoms. The molecule has 5 heteroatoms. The molecule has 17 heavy (non-hydrogen) atoms. The molecular formula is C12H18N4S. The van der Waals surface area contributed by atoms with Crippen LogP contribution in [0.3, 0.4) is 0 Å². The van der Waals surface area contributed by atoms with Gasteiger partial charge in [0.15, 0.2) is 5.96 Å². The minimum Gasteiger partial charge on any atom is -0.356 e. The largest absolute Gasteiger partial charge is 0.356 e. The molecule has 0 aliphatic carbocycles. The van der Waals surface area contributed by atoms with Crippen molar-refractivity contribution < 1.29 is 0 Å². The van der Waals surface area contributed by atoms with Gasteiger partial charge in [0, 0.05) is 31.1 Å². The van der Waals surface area contributed by atoms with E-state index < -0.39 is 0 Å². The van der Waals surface area contributed by atoms with Crippen LogP contribution in [0.2, 0.25) is 0 Å². The van der Waals surface area contributed by atoms with Crippen molar-refractivity contribution in [1.29, 1.82) is 0 Å². The lowest BCUT2D eigenvalue weighted by atomic mass is 10.4. The molecular weight excluding hydrogens is 232 g/mol. The third-order valence-electron chi connectivity index (χ3n) is 2.16. The Hall–Kier alpha value is -1.54. The second-order valence-electron chi connectivity index (χ2n) is 3.38. The number of aromatic nitrogens is 1. The van der Waals surface area contributed by atoms with E-state index in [0.717, 1.165) is 30.4 Å². The maximum atomic E-state index is 5.17. The lowest BCUT2D eigenvalue weighted by Gasteiger charge is -2.08. The number of aliphatic imine (C=N–C) groups is 1. The summed E-state index contributed by atoms with van der Waals surface area (Å²) >= 11 is 1.77. The van der Waals surface area contributed by atoms with E-state index in [2.05, 4.69) is 33.5 Å². The summed E-state index contributed by atoms with van der Waals surface area (Å²) in [5.74, 6) is 3.24. The summed E-state index contributed by atoms with van der Waals surface area (Å²) in [6, 6.07) is 0. The average Bonchev–Trinajstić information content (AvgIpc) is 2.81. The van der Waals surface area contributed by atoms with Crippen molar-refractivity contribution in [3.8, 4) is 12.3 Å². The van der Waals surface area contributed by atoms with Gasteiger partial charge in [-0.25, -0.2) is 4.98 Å². The topological polar surface area (TPSA) is 49.3 Å². The summed E-state index contributed by atoms with van der Waals surface area (Å²) in [4.78, 5) is 9.75. The Kier molecular flexibility index (Phi) is 6.12. The first-order valence-corrected chi connectivity index (χ1v) is 6.43. The van der Waals surface area contributed by atoms with E-state index in [4.69, 9.17) is 6.42 Å². The van der Waals surface area contributed by atoms with Gasteiger partial charge < -0.3 is 10.6 Å². The summed E-state index contributed by atoms with van der Waals surface area (Å²) in [6.45, 7) is 3.43. The molecule has 1 aromatic rings. The van der Waals surface area contributed by atoms with Crippen LogP contribution < -0.4 is 10.6 Å². The van der Waals surface area contributed by atoms with Gasteiger partial charge in [-0.3, -0.25) is 4.99 Å². The van der Waals surface area contributed by atoms with E-state index in [-0.39, 0.29) is 0 Å². The van der Waals surface area contributed by atoms with Crippen LogP contribution in [0.5, 0.6) is 0 Å². The first-order valence-electron chi connectivity index (χ1n) is 5.61. The smallest absolute Gasteiger partial charge is 0.191 e. The van der Waals surface area contributed by atoms with E-state index in [1.165, 1.54) is 4.88 Å². The summed E-state index contributed by atoms with van der Waals surface area (Å²) < 4.78 is 0. The molecule has 1 aromatic heterocycles. The molecule has 0 spiro atoms. The van der Waals surface area contributed by atoms with Crippen molar-refractivity contribution >= 4 is 17.3 Å². The van der Waals surface area contributed by atoms with Crippen LogP contribution in [-0.4, -0.2) is 31.1 Å². The lowest BCUT2D eigenvalue weighted by Crippen LogP contribution is -2.38. The normalized spacial score (nSPS) is 11.0. The van der Waals surface area contributed by atoms with Crippen molar-refractivity contribution in [3.63, 3.8) is 0 Å². The third kappa shape index (κ3) is 4.87. The third-order valence-corrected chi connectivity index (χ3v) is 3.36. The maximum Gasteiger partial charge on any atom is 0.191 e. The number of nitrogens with one attached hydrogen (secondary N) is 2. The molecule has 0 aliphatic rings. The quantitative estimate of drug-likeness (QED) is 0.466. The zero-order valence-electron chi connectivity index (χ0n) is 10.3. The molecule has 2 N–H and O–H groups in total. The molecule has 0 saturated heterocycles. The van der Waals surface area contributed by atoms with Crippen LogP contribution in [0.4, 0.5) is 0 Å². The first kappa shape index (κ1) is 13.5. The van der Waals surface area contributed by atoms with E-state index in [9.17, 15) is 0 Å². The summed E-state index contributed by atoms with van der Waals surface area (Å²) in [5.41, 5.74) is 0. The van der Waals surface area contributed by atoms with Crippen LogP contribution >= 0.6 is 11.3 Å². The van der Waals surface area contributed by atoms with Crippen molar-refractivity contribution in [3.05, 3.63) is 16.1 Å². The van der Waals surface area contributed by atoms with Crippen molar-refractivity contribution in [2.75, 3.05) is 20.1 Å². The summed E-state index contributed by atoms with van der Waals surface area (Å²) in [6.07, 6.45) is 9.07. The molecule has 92 valence electrons. The fraction of sp³-hybridized carbons (Fsp3) is 0.500. The number of thiazole rings is 1. The SMILES string of the molecule is C#CCNC(=NC)NCCc1ncc(CC)s1. The fourth-order valence-corrected chi connectivity index (χ4v) is 2.13. The number of terminal acetylenes is 1. The zero-order valence-corrected chi connectivity index (χ0v) is 11.1. The van der Waals surface area contributed by atoms with Crippen molar-refractivity contribution in [2.45, 2.75) is 19.8 Å². The van der Waals surface area contributed by atoms with Gasteiger partial charge in [0.25, 0.3) is 0 Å². The van der Waals surface area contributed by atoms with Crippen molar-refractivity contribution in [2.24, 2.45) is 4.99 Å². The highest BCUT2D eigenvalue weighted by molar-refractivity contribution is 7.11. The summed E-state index contributed by atoms with van der Waals surface area (Å²) in [7, 11) is 1.73. The molecule has 1 heterocycles. The lowest BCUT2D eigenvalue weighted by molar-refractivity contribution is 0.820. The molecule has 1 rings (SSSR count).